The second-order valence-corrected chi connectivity index (χ2v) is 14.6. The number of esters is 1. The Morgan fingerprint density at radius 2 is 1.57 bits per heavy atom. The molecule has 0 saturated carbocycles. The number of hydrogen-bond acceptors (Lipinski definition) is 8. The van der Waals surface area contributed by atoms with Gasteiger partial charge in [0.25, 0.3) is 5.91 Å². The smallest absolute Gasteiger partial charge is 0.356 e. The van der Waals surface area contributed by atoms with Gasteiger partial charge in [0.05, 0.1) is 13.0 Å². The minimum Gasteiger partial charge on any atom is -0.456 e. The van der Waals surface area contributed by atoms with Gasteiger partial charge in [0.1, 0.15) is 28.3 Å². The molecule has 10 heteroatoms. The number of rotatable bonds is 10. The van der Waals surface area contributed by atoms with Crippen molar-refractivity contribution in [3.63, 3.8) is 0 Å². The number of para-hydroxylation sites is 1. The largest absolute Gasteiger partial charge is 0.456 e. The molecule has 8 nitrogen and oxygen atoms in total. The van der Waals surface area contributed by atoms with Gasteiger partial charge in [-0.2, -0.15) is 0 Å². The van der Waals surface area contributed by atoms with Gasteiger partial charge < -0.3 is 19.6 Å². The van der Waals surface area contributed by atoms with Crippen LogP contribution in [-0.4, -0.2) is 45.0 Å². The topological polar surface area (TPSA) is 109 Å². The molecule has 2 aliphatic heterocycles. The van der Waals surface area contributed by atoms with E-state index in [1.54, 1.807) is 0 Å². The fraction of sp³-hybridized carbons (Fsp3) is 0.146. The fourth-order valence-electron chi connectivity index (χ4n) is 6.58. The number of carbonyl (C=O) groups excluding carboxylic acids is 3. The number of benzene rings is 5. The first-order valence-electron chi connectivity index (χ1n) is 16.5. The summed E-state index contributed by atoms with van der Waals surface area (Å²) in [5.41, 5.74) is 4.60. The van der Waals surface area contributed by atoms with Crippen LogP contribution in [-0.2, 0) is 32.1 Å². The lowest BCUT2D eigenvalue weighted by molar-refractivity contribution is -0.154. The van der Waals surface area contributed by atoms with E-state index in [1.807, 2.05) is 127 Å². The lowest BCUT2D eigenvalue weighted by Crippen LogP contribution is -2.70. The van der Waals surface area contributed by atoms with Crippen LogP contribution in [0.3, 0.4) is 0 Å². The molecule has 3 heterocycles. The van der Waals surface area contributed by atoms with Crippen LogP contribution in [0.5, 0.6) is 0 Å². The molecule has 2 aliphatic rings. The maximum absolute atomic E-state index is 14.4. The number of nitrogens with zero attached hydrogens (tertiary/aromatic N) is 1. The lowest BCUT2D eigenvalue weighted by Gasteiger charge is -2.49. The fourth-order valence-corrected chi connectivity index (χ4v) is 9.08. The Hall–Kier alpha value is -5.29. The summed E-state index contributed by atoms with van der Waals surface area (Å²) in [5.74, 6) is -0.827. The minimum absolute atomic E-state index is 0.139. The molecule has 2 atom stereocenters. The van der Waals surface area contributed by atoms with Crippen LogP contribution < -0.4 is 5.32 Å². The van der Waals surface area contributed by atoms with Crippen LogP contribution in [0.4, 0.5) is 0 Å². The highest BCUT2D eigenvalue weighted by Gasteiger charge is 2.54. The van der Waals surface area contributed by atoms with Gasteiger partial charge in [-0.05, 0) is 34.9 Å². The van der Waals surface area contributed by atoms with Gasteiger partial charge in [-0.3, -0.25) is 14.5 Å². The highest BCUT2D eigenvalue weighted by atomic mass is 32.2. The highest BCUT2D eigenvalue weighted by molar-refractivity contribution is 8.06. The van der Waals surface area contributed by atoms with Crippen LogP contribution in [0.25, 0.3) is 21.9 Å². The number of aliphatic hydroxyl groups excluding tert-OH is 1. The average Bonchev–Trinajstić information content (AvgIpc) is 3.55. The number of amides is 2. The summed E-state index contributed by atoms with van der Waals surface area (Å²) in [5, 5.41) is 14.1. The maximum atomic E-state index is 14.4. The van der Waals surface area contributed by atoms with E-state index in [-0.39, 0.29) is 30.5 Å². The van der Waals surface area contributed by atoms with Crippen LogP contribution in [0, 0.1) is 0 Å². The van der Waals surface area contributed by atoms with E-state index in [2.05, 4.69) is 5.32 Å². The molecule has 0 unspecified atom stereocenters. The number of β-lactam (4-membered cyclic amide) rings is 1. The Bertz CT molecular complexity index is 2250. The molecule has 0 radical (unpaired) electrons. The van der Waals surface area contributed by atoms with E-state index < -0.39 is 23.5 Å². The number of carbonyl (C=O) groups is 3. The van der Waals surface area contributed by atoms with Crippen LogP contribution in [0.1, 0.15) is 28.4 Å². The van der Waals surface area contributed by atoms with E-state index in [1.165, 1.54) is 28.4 Å². The zero-order chi connectivity index (χ0) is 34.9. The number of thioether (sulfide) groups is 2. The van der Waals surface area contributed by atoms with Crippen molar-refractivity contribution < 1.29 is 28.6 Å². The van der Waals surface area contributed by atoms with Crippen molar-refractivity contribution in [1.82, 2.24) is 10.2 Å². The predicted octanol–water partition coefficient (Wildman–Crippen LogP) is 7.36. The second-order valence-electron chi connectivity index (χ2n) is 12.3. The van der Waals surface area contributed by atoms with Gasteiger partial charge in [0.2, 0.25) is 5.91 Å². The molecular formula is C41H32N2O6S2. The quantitative estimate of drug-likeness (QED) is 0.112. The Balaban J connectivity index is 1.13. The van der Waals surface area contributed by atoms with E-state index in [0.29, 0.717) is 27.4 Å². The molecule has 8 rings (SSSR count). The zero-order valence-corrected chi connectivity index (χ0v) is 28.9. The highest BCUT2D eigenvalue weighted by Crippen LogP contribution is 2.47. The van der Waals surface area contributed by atoms with Crippen molar-refractivity contribution in [1.29, 1.82) is 0 Å². The molecular weight excluding hydrogens is 681 g/mol. The number of ether oxygens (including phenoxy) is 1. The maximum Gasteiger partial charge on any atom is 0.356 e. The molecule has 51 heavy (non-hydrogen) atoms. The molecule has 5 aromatic carbocycles. The van der Waals surface area contributed by atoms with E-state index in [0.717, 1.165) is 32.4 Å². The third-order valence-corrected chi connectivity index (χ3v) is 11.6. The zero-order valence-electron chi connectivity index (χ0n) is 27.2. The van der Waals surface area contributed by atoms with Crippen molar-refractivity contribution in [2.45, 2.75) is 35.4 Å². The van der Waals surface area contributed by atoms with Gasteiger partial charge in [0.15, 0.2) is 6.10 Å². The van der Waals surface area contributed by atoms with Crippen molar-refractivity contribution >= 4 is 63.2 Å². The second kappa shape index (κ2) is 14.1. The van der Waals surface area contributed by atoms with Crippen LogP contribution in [0.15, 0.2) is 147 Å². The number of aliphatic hydroxyl groups is 1. The summed E-state index contributed by atoms with van der Waals surface area (Å²) in [6.07, 6.45) is -0.564. The minimum atomic E-state index is -0.771. The van der Waals surface area contributed by atoms with Gasteiger partial charge in [-0.15, -0.1) is 11.8 Å². The number of furan rings is 1. The van der Waals surface area contributed by atoms with Gasteiger partial charge in [0, 0.05) is 31.9 Å². The van der Waals surface area contributed by atoms with E-state index >= 15 is 0 Å². The van der Waals surface area contributed by atoms with Crippen molar-refractivity contribution in [2.75, 3.05) is 5.75 Å². The molecule has 0 aliphatic carbocycles. The summed E-state index contributed by atoms with van der Waals surface area (Å²) < 4.78 is 12.5. The van der Waals surface area contributed by atoms with E-state index in [9.17, 15) is 19.5 Å². The first-order chi connectivity index (χ1) is 25.0. The lowest BCUT2D eigenvalue weighted by atomic mass is 10.0. The van der Waals surface area contributed by atoms with Crippen molar-refractivity contribution in [3.8, 4) is 0 Å². The first-order valence-corrected chi connectivity index (χ1v) is 18.4. The molecule has 1 aromatic heterocycles. The molecule has 1 fully saturated rings. The number of nitrogens with one attached hydrogen (secondary N) is 1. The molecule has 1 saturated heterocycles. The standard InChI is InChI=1S/C41H32N2O6S2/c44-23-28-17-10-18-31-30-20-19-29(22-32(30)48-38(28)31)51-33-24-50-40-35(42-34(45)21-25-11-4-1-5-12-25)39(46)43(40)36(33)41(47)49-37(26-13-6-2-7-14-26)27-15-8-3-9-16-27/h1-20,22,35,37,40,44H,21,23-24H2,(H,42,45)/t35-,40-/m1/s1. The van der Waals surface area contributed by atoms with Crippen LogP contribution in [0.2, 0.25) is 0 Å². The Kier molecular flexibility index (Phi) is 9.12. The van der Waals surface area contributed by atoms with Crippen molar-refractivity contribution in [2.24, 2.45) is 0 Å². The first kappa shape index (κ1) is 32.9. The van der Waals surface area contributed by atoms with Gasteiger partial charge in [-0.25, -0.2) is 4.79 Å². The van der Waals surface area contributed by atoms with Gasteiger partial charge >= 0.3 is 5.97 Å². The Morgan fingerprint density at radius 1 is 0.882 bits per heavy atom. The Morgan fingerprint density at radius 3 is 2.25 bits per heavy atom. The predicted molar refractivity (Wildman–Crippen MR) is 199 cm³/mol. The Labute approximate surface area is 302 Å². The van der Waals surface area contributed by atoms with Crippen LogP contribution >= 0.6 is 23.5 Å². The normalized spacial score (nSPS) is 17.1. The molecule has 254 valence electrons. The molecule has 0 spiro atoms. The molecule has 0 bridgehead atoms. The van der Waals surface area contributed by atoms with E-state index in [4.69, 9.17) is 9.15 Å². The third kappa shape index (κ3) is 6.42. The number of fused-ring (bicyclic) bond motifs is 4. The molecule has 6 aromatic rings. The summed E-state index contributed by atoms with van der Waals surface area (Å²) in [4.78, 5) is 44.3. The molecule has 2 amide bonds. The summed E-state index contributed by atoms with van der Waals surface area (Å²) in [7, 11) is 0. The molecule has 2 N–H and O–H groups in total. The number of hydrogen-bond donors (Lipinski definition) is 2. The average molecular weight is 713 g/mol. The summed E-state index contributed by atoms with van der Waals surface area (Å²) in [6, 6.07) is 39.1. The third-order valence-electron chi connectivity index (χ3n) is 9.04. The van der Waals surface area contributed by atoms with Gasteiger partial charge in [-0.1, -0.05) is 121 Å². The summed E-state index contributed by atoms with van der Waals surface area (Å²) in [6.45, 7) is -0.139. The summed E-state index contributed by atoms with van der Waals surface area (Å²) >= 11 is 2.88. The monoisotopic (exact) mass is 712 g/mol. The van der Waals surface area contributed by atoms with Crippen molar-refractivity contribution in [3.05, 3.63) is 160 Å². The SMILES string of the molecule is O=C(Cc1ccccc1)N[C@@H]1C(=O)N2C(C(=O)OC(c3ccccc3)c3ccccc3)=C(Sc3ccc4c(c3)oc3c(CO)cccc34)CS[C@H]12.